The van der Waals surface area contributed by atoms with E-state index < -0.39 is 41.6 Å². The Bertz CT molecular complexity index is 708. The Balaban J connectivity index is 2.10. The number of halogens is 2. The van der Waals surface area contributed by atoms with Crippen LogP contribution in [0.3, 0.4) is 0 Å². The normalized spacial score (nSPS) is 20.2. The largest absolute Gasteiger partial charge is 0.355 e. The predicted octanol–water partition coefficient (Wildman–Crippen LogP) is 1.89. The van der Waals surface area contributed by atoms with Gasteiger partial charge in [-0.25, -0.2) is 13.6 Å². The molecular weight excluding hydrogens is 332 g/mol. The van der Waals surface area contributed by atoms with Gasteiger partial charge in [0.15, 0.2) is 11.6 Å². The van der Waals surface area contributed by atoms with Gasteiger partial charge in [-0.2, -0.15) is 0 Å². The lowest BCUT2D eigenvalue weighted by Gasteiger charge is -2.22. The maximum atomic E-state index is 13.5. The van der Waals surface area contributed by atoms with E-state index in [4.69, 9.17) is 0 Å². The van der Waals surface area contributed by atoms with Gasteiger partial charge in [0.05, 0.1) is 0 Å². The van der Waals surface area contributed by atoms with Crippen LogP contribution < -0.4 is 10.6 Å². The second kappa shape index (κ2) is 7.16. The van der Waals surface area contributed by atoms with Crippen molar-refractivity contribution in [2.24, 2.45) is 5.92 Å². The second-order valence-electron chi connectivity index (χ2n) is 6.61. The molecule has 0 aromatic heterocycles. The smallest absolute Gasteiger partial charge is 0.325 e. The van der Waals surface area contributed by atoms with E-state index in [-0.39, 0.29) is 5.56 Å². The average molecular weight is 353 g/mol. The zero-order valence-electron chi connectivity index (χ0n) is 14.4. The number of carbonyl (C=O) groups is 3. The third-order valence-electron chi connectivity index (χ3n) is 4.12. The topological polar surface area (TPSA) is 78.5 Å². The van der Waals surface area contributed by atoms with Crippen molar-refractivity contribution < 1.29 is 23.2 Å². The summed E-state index contributed by atoms with van der Waals surface area (Å²) in [4.78, 5) is 37.4. The summed E-state index contributed by atoms with van der Waals surface area (Å²) in [5, 5.41) is 5.08. The number of nitrogens with zero attached hydrogens (tertiary/aromatic N) is 1. The molecule has 136 valence electrons. The third-order valence-corrected chi connectivity index (χ3v) is 4.12. The molecule has 1 aliphatic rings. The van der Waals surface area contributed by atoms with Crippen molar-refractivity contribution in [3.8, 4) is 0 Å². The lowest BCUT2D eigenvalue weighted by atomic mass is 9.92. The number of carbonyl (C=O) groups excluding carboxylic acids is 3. The van der Waals surface area contributed by atoms with Crippen LogP contribution in [0.1, 0.15) is 32.8 Å². The van der Waals surface area contributed by atoms with Gasteiger partial charge in [0.2, 0.25) is 5.91 Å². The molecule has 1 aliphatic heterocycles. The molecule has 0 unspecified atom stereocenters. The molecule has 25 heavy (non-hydrogen) atoms. The van der Waals surface area contributed by atoms with Gasteiger partial charge in [0.1, 0.15) is 12.1 Å². The fraction of sp³-hybridized carbons (Fsp3) is 0.471. The first-order chi connectivity index (χ1) is 11.6. The van der Waals surface area contributed by atoms with Gasteiger partial charge in [0, 0.05) is 6.54 Å². The highest BCUT2D eigenvalue weighted by molar-refractivity contribution is 6.09. The summed E-state index contributed by atoms with van der Waals surface area (Å²) >= 11 is 0. The highest BCUT2D eigenvalue weighted by Gasteiger charge is 2.49. The molecule has 0 bridgehead atoms. The molecule has 4 amide bonds. The fourth-order valence-corrected chi connectivity index (χ4v) is 2.54. The van der Waals surface area contributed by atoms with Crippen LogP contribution in [0.15, 0.2) is 18.2 Å². The predicted molar refractivity (Wildman–Crippen MR) is 86.4 cm³/mol. The van der Waals surface area contributed by atoms with E-state index in [0.717, 1.165) is 23.5 Å². The quantitative estimate of drug-likeness (QED) is 0.767. The van der Waals surface area contributed by atoms with Crippen LogP contribution in [0.4, 0.5) is 13.6 Å². The molecule has 1 aromatic carbocycles. The van der Waals surface area contributed by atoms with Gasteiger partial charge < -0.3 is 10.6 Å². The maximum absolute atomic E-state index is 13.5. The van der Waals surface area contributed by atoms with Gasteiger partial charge in [-0.15, -0.1) is 0 Å². The molecule has 6 nitrogen and oxygen atoms in total. The summed E-state index contributed by atoms with van der Waals surface area (Å²) in [5.74, 6) is -2.91. The second-order valence-corrected chi connectivity index (χ2v) is 6.61. The Hall–Kier alpha value is -2.51. The Kier molecular flexibility index (Phi) is 5.39. The van der Waals surface area contributed by atoms with E-state index in [1.165, 1.54) is 13.0 Å². The zero-order chi connectivity index (χ0) is 18.8. The number of hydrogen-bond donors (Lipinski definition) is 2. The minimum atomic E-state index is -1.55. The van der Waals surface area contributed by atoms with E-state index in [9.17, 15) is 23.2 Å². The summed E-state index contributed by atoms with van der Waals surface area (Å²) in [7, 11) is 0. The lowest BCUT2D eigenvalue weighted by Crippen LogP contribution is -2.43. The number of hydrogen-bond acceptors (Lipinski definition) is 3. The first-order valence-corrected chi connectivity index (χ1v) is 8.01. The molecular formula is C17H21F2N3O3. The van der Waals surface area contributed by atoms with Crippen LogP contribution >= 0.6 is 0 Å². The standard InChI is InChI=1S/C17H21F2N3O3/c1-10(2)6-7-20-14(23)9-22-15(24)17(3,21-16(22)25)11-4-5-12(18)13(19)8-11/h4-5,8,10H,6-7,9H2,1-3H3,(H,20,23)(H,21,25)/t17-/m1/s1. The van der Waals surface area contributed by atoms with Gasteiger partial charge in [-0.05, 0) is 37.0 Å². The molecule has 2 rings (SSSR count). The number of nitrogens with one attached hydrogen (secondary N) is 2. The van der Waals surface area contributed by atoms with Gasteiger partial charge >= 0.3 is 6.03 Å². The van der Waals surface area contributed by atoms with E-state index >= 15 is 0 Å². The number of benzene rings is 1. The molecule has 1 fully saturated rings. The number of amides is 4. The summed E-state index contributed by atoms with van der Waals surface area (Å²) in [5.41, 5.74) is -1.45. The Morgan fingerprint density at radius 2 is 1.96 bits per heavy atom. The van der Waals surface area contributed by atoms with E-state index in [1.807, 2.05) is 13.8 Å². The van der Waals surface area contributed by atoms with E-state index in [2.05, 4.69) is 10.6 Å². The van der Waals surface area contributed by atoms with Crippen molar-refractivity contribution in [2.75, 3.05) is 13.1 Å². The lowest BCUT2D eigenvalue weighted by molar-refractivity contribution is -0.134. The first kappa shape index (κ1) is 18.8. The van der Waals surface area contributed by atoms with Crippen LogP contribution in [0.25, 0.3) is 0 Å². The molecule has 2 N–H and O–H groups in total. The highest BCUT2D eigenvalue weighted by atomic mass is 19.2. The fourth-order valence-electron chi connectivity index (χ4n) is 2.54. The molecule has 0 saturated carbocycles. The first-order valence-electron chi connectivity index (χ1n) is 8.01. The highest BCUT2D eigenvalue weighted by Crippen LogP contribution is 2.29. The van der Waals surface area contributed by atoms with Crippen LogP contribution in [0.2, 0.25) is 0 Å². The molecule has 1 atom stereocenters. The Morgan fingerprint density at radius 3 is 2.56 bits per heavy atom. The monoisotopic (exact) mass is 353 g/mol. The van der Waals surface area contributed by atoms with Crippen molar-refractivity contribution in [1.29, 1.82) is 0 Å². The summed E-state index contributed by atoms with van der Waals surface area (Å²) in [6, 6.07) is 2.22. The molecule has 0 aliphatic carbocycles. The van der Waals surface area contributed by atoms with Crippen molar-refractivity contribution >= 4 is 17.8 Å². The maximum Gasteiger partial charge on any atom is 0.325 e. The molecule has 1 heterocycles. The minimum Gasteiger partial charge on any atom is -0.355 e. The van der Waals surface area contributed by atoms with Crippen molar-refractivity contribution in [2.45, 2.75) is 32.7 Å². The van der Waals surface area contributed by atoms with Crippen LogP contribution in [0.5, 0.6) is 0 Å². The van der Waals surface area contributed by atoms with Crippen molar-refractivity contribution in [3.05, 3.63) is 35.4 Å². The van der Waals surface area contributed by atoms with Crippen molar-refractivity contribution in [3.63, 3.8) is 0 Å². The van der Waals surface area contributed by atoms with Crippen LogP contribution in [-0.4, -0.2) is 35.8 Å². The molecule has 8 heteroatoms. The SMILES string of the molecule is CC(C)CCNC(=O)CN1C(=O)N[C@](C)(c2ccc(F)c(F)c2)C1=O. The molecule has 0 radical (unpaired) electrons. The summed E-state index contributed by atoms with van der Waals surface area (Å²) in [6.07, 6.45) is 0.776. The van der Waals surface area contributed by atoms with Gasteiger partial charge in [0.25, 0.3) is 5.91 Å². The minimum absolute atomic E-state index is 0.104. The zero-order valence-corrected chi connectivity index (χ0v) is 14.4. The summed E-state index contributed by atoms with van der Waals surface area (Å²) < 4.78 is 26.6. The van der Waals surface area contributed by atoms with Crippen LogP contribution in [0, 0.1) is 17.6 Å². The van der Waals surface area contributed by atoms with Gasteiger partial charge in [-0.1, -0.05) is 19.9 Å². The van der Waals surface area contributed by atoms with Crippen LogP contribution in [-0.2, 0) is 15.1 Å². The molecule has 1 saturated heterocycles. The Morgan fingerprint density at radius 1 is 1.28 bits per heavy atom. The molecule has 1 aromatic rings. The van der Waals surface area contributed by atoms with E-state index in [1.54, 1.807) is 0 Å². The number of imide groups is 1. The number of rotatable bonds is 6. The number of urea groups is 1. The van der Waals surface area contributed by atoms with E-state index in [0.29, 0.717) is 12.5 Å². The average Bonchev–Trinajstić information content (AvgIpc) is 2.74. The van der Waals surface area contributed by atoms with Crippen molar-refractivity contribution in [1.82, 2.24) is 15.5 Å². The molecule has 0 spiro atoms. The Labute approximate surface area is 144 Å². The third kappa shape index (κ3) is 3.94. The summed E-state index contributed by atoms with van der Waals surface area (Å²) in [6.45, 7) is 5.42. The van der Waals surface area contributed by atoms with Gasteiger partial charge in [-0.3, -0.25) is 14.5 Å².